The maximum absolute atomic E-state index is 12.7. The van der Waals surface area contributed by atoms with Gasteiger partial charge in [0.05, 0.1) is 12.4 Å². The van der Waals surface area contributed by atoms with Crippen LogP contribution in [0, 0.1) is 5.82 Å². The number of likely N-dealkylation sites (tertiary alicyclic amines) is 1. The van der Waals surface area contributed by atoms with Crippen LogP contribution in [-0.4, -0.2) is 34.3 Å². The van der Waals surface area contributed by atoms with Crippen molar-refractivity contribution in [1.82, 2.24) is 20.8 Å². The van der Waals surface area contributed by atoms with E-state index in [1.165, 1.54) is 12.1 Å². The quantitative estimate of drug-likeness (QED) is 0.738. The molecule has 0 spiro atoms. The zero-order valence-corrected chi connectivity index (χ0v) is 13.0. The second kappa shape index (κ2) is 6.89. The highest BCUT2D eigenvalue weighted by atomic mass is 19.1. The van der Waals surface area contributed by atoms with Gasteiger partial charge in [0.1, 0.15) is 17.2 Å². The number of amides is 1. The maximum Gasteiger partial charge on any atom is 0.411 e. The molecule has 1 aromatic heterocycles. The van der Waals surface area contributed by atoms with Crippen LogP contribution >= 0.6 is 0 Å². The van der Waals surface area contributed by atoms with Crippen LogP contribution in [0.3, 0.4) is 0 Å². The number of carbonyl (C=O) groups is 1. The fourth-order valence-corrected chi connectivity index (χ4v) is 2.09. The van der Waals surface area contributed by atoms with Gasteiger partial charge in [0.15, 0.2) is 0 Å². The highest BCUT2D eigenvalue weighted by Gasteiger charge is 2.31. The average Bonchev–Trinajstić information content (AvgIpc) is 2.88. The second-order valence-electron chi connectivity index (χ2n) is 6.09. The number of hydrazine groups is 2. The van der Waals surface area contributed by atoms with Crippen molar-refractivity contribution in [2.24, 2.45) is 0 Å². The molecule has 22 heavy (non-hydrogen) atoms. The molecule has 1 aliphatic heterocycles. The number of halogens is 1. The fraction of sp³-hybridized carbons (Fsp3) is 0.571. The lowest BCUT2D eigenvalue weighted by molar-refractivity contribution is 0.0189. The van der Waals surface area contributed by atoms with Gasteiger partial charge in [0, 0.05) is 6.54 Å². The van der Waals surface area contributed by atoms with Crippen LogP contribution in [0.2, 0.25) is 0 Å². The highest BCUT2D eigenvalue weighted by Crippen LogP contribution is 2.18. The Labute approximate surface area is 129 Å². The third-order valence-corrected chi connectivity index (χ3v) is 3.04. The summed E-state index contributed by atoms with van der Waals surface area (Å²) in [5.41, 5.74) is 8.04. The van der Waals surface area contributed by atoms with Crippen molar-refractivity contribution in [3.63, 3.8) is 0 Å². The molecule has 2 heterocycles. The number of ether oxygens (including phenoxy) is 1. The van der Waals surface area contributed by atoms with Crippen LogP contribution < -0.4 is 16.4 Å². The number of anilines is 1. The molecule has 0 aromatic carbocycles. The number of hydrogen-bond donors (Lipinski definition) is 3. The normalized spacial score (nSPS) is 18.4. The van der Waals surface area contributed by atoms with E-state index in [1.807, 2.05) is 20.8 Å². The molecular weight excluding hydrogens is 289 g/mol. The van der Waals surface area contributed by atoms with Gasteiger partial charge in [0.2, 0.25) is 0 Å². The number of aromatic nitrogens is 1. The van der Waals surface area contributed by atoms with E-state index in [0.717, 1.165) is 19.0 Å². The molecule has 1 fully saturated rings. The summed E-state index contributed by atoms with van der Waals surface area (Å²) in [6, 6.07) is 2.81. The van der Waals surface area contributed by atoms with Gasteiger partial charge < -0.3 is 4.74 Å². The van der Waals surface area contributed by atoms with E-state index in [0.29, 0.717) is 12.4 Å². The fourth-order valence-electron chi connectivity index (χ4n) is 2.09. The zero-order valence-electron chi connectivity index (χ0n) is 13.0. The molecule has 0 bridgehead atoms. The van der Waals surface area contributed by atoms with E-state index in [-0.39, 0.29) is 12.3 Å². The molecule has 0 aliphatic carbocycles. The first-order chi connectivity index (χ1) is 10.3. The average molecular weight is 311 g/mol. The maximum atomic E-state index is 12.7. The smallest absolute Gasteiger partial charge is 0.411 e. The van der Waals surface area contributed by atoms with Gasteiger partial charge in [-0.1, -0.05) is 0 Å². The summed E-state index contributed by atoms with van der Waals surface area (Å²) >= 11 is 0. The van der Waals surface area contributed by atoms with Crippen molar-refractivity contribution in [3.8, 4) is 0 Å². The minimum Gasteiger partial charge on any atom is -0.444 e. The summed E-state index contributed by atoms with van der Waals surface area (Å²) in [4.78, 5) is 17.6. The predicted molar refractivity (Wildman–Crippen MR) is 80.1 cm³/mol. The molecule has 122 valence electrons. The Kier molecular flexibility index (Phi) is 5.15. The van der Waals surface area contributed by atoms with Gasteiger partial charge in [-0.3, -0.25) is 10.3 Å². The Bertz CT molecular complexity index is 503. The minimum absolute atomic E-state index is 0.178. The van der Waals surface area contributed by atoms with E-state index < -0.39 is 11.4 Å². The Morgan fingerprint density at radius 2 is 2.23 bits per heavy atom. The largest absolute Gasteiger partial charge is 0.444 e. The van der Waals surface area contributed by atoms with Crippen molar-refractivity contribution in [3.05, 3.63) is 24.1 Å². The molecule has 1 amide bonds. The highest BCUT2D eigenvalue weighted by molar-refractivity contribution is 5.68. The van der Waals surface area contributed by atoms with Gasteiger partial charge >= 0.3 is 6.09 Å². The minimum atomic E-state index is -0.520. The van der Waals surface area contributed by atoms with Gasteiger partial charge in [-0.2, -0.15) is 5.53 Å². The van der Waals surface area contributed by atoms with Gasteiger partial charge in [-0.25, -0.2) is 19.6 Å². The Hall–Kier alpha value is -1.93. The molecule has 1 aromatic rings. The molecule has 1 aliphatic rings. The van der Waals surface area contributed by atoms with Crippen LogP contribution in [-0.2, 0) is 4.74 Å². The third kappa shape index (κ3) is 4.81. The van der Waals surface area contributed by atoms with Crippen LogP contribution in [0.15, 0.2) is 18.3 Å². The molecule has 1 saturated heterocycles. The molecule has 8 heteroatoms. The number of nitrogens with one attached hydrogen (secondary N) is 3. The van der Waals surface area contributed by atoms with Crippen molar-refractivity contribution in [1.29, 1.82) is 0 Å². The van der Waals surface area contributed by atoms with Crippen molar-refractivity contribution >= 4 is 11.9 Å². The number of nitrogens with zero attached hydrogens (tertiary/aromatic N) is 2. The summed E-state index contributed by atoms with van der Waals surface area (Å²) < 4.78 is 18.1. The van der Waals surface area contributed by atoms with Crippen molar-refractivity contribution in [2.75, 3.05) is 12.0 Å². The van der Waals surface area contributed by atoms with E-state index in [4.69, 9.17) is 4.74 Å². The zero-order chi connectivity index (χ0) is 16.2. The van der Waals surface area contributed by atoms with Gasteiger partial charge in [0.25, 0.3) is 0 Å². The van der Waals surface area contributed by atoms with Gasteiger partial charge in [-0.05, 0) is 45.7 Å². The lowest BCUT2D eigenvalue weighted by atomic mass is 10.2. The van der Waals surface area contributed by atoms with Crippen LogP contribution in [0.25, 0.3) is 0 Å². The van der Waals surface area contributed by atoms with Crippen LogP contribution in [0.4, 0.5) is 15.0 Å². The van der Waals surface area contributed by atoms with E-state index in [9.17, 15) is 9.18 Å². The Morgan fingerprint density at radius 3 is 2.86 bits per heavy atom. The summed E-state index contributed by atoms with van der Waals surface area (Å²) in [5, 5.41) is 0. The lowest BCUT2D eigenvalue weighted by Gasteiger charge is -2.29. The molecule has 1 atom stereocenters. The molecule has 2 rings (SSSR count). The lowest BCUT2D eigenvalue weighted by Crippen LogP contribution is -2.52. The molecular formula is C14H22FN5O2. The summed E-state index contributed by atoms with van der Waals surface area (Å²) in [7, 11) is 0. The van der Waals surface area contributed by atoms with E-state index in [1.54, 1.807) is 4.90 Å². The van der Waals surface area contributed by atoms with Crippen molar-refractivity contribution < 1.29 is 13.9 Å². The molecule has 0 radical (unpaired) electrons. The first kappa shape index (κ1) is 16.4. The van der Waals surface area contributed by atoms with Gasteiger partial charge in [-0.15, -0.1) is 0 Å². The number of hydrogen-bond acceptors (Lipinski definition) is 6. The van der Waals surface area contributed by atoms with E-state index >= 15 is 0 Å². The second-order valence-corrected chi connectivity index (χ2v) is 6.09. The molecule has 0 unspecified atom stereocenters. The molecule has 0 saturated carbocycles. The monoisotopic (exact) mass is 311 g/mol. The van der Waals surface area contributed by atoms with E-state index in [2.05, 4.69) is 21.4 Å². The van der Waals surface area contributed by atoms with Crippen LogP contribution in [0.5, 0.6) is 0 Å². The number of carbonyl (C=O) groups excluding carboxylic acids is 1. The van der Waals surface area contributed by atoms with Crippen molar-refractivity contribution in [2.45, 2.75) is 45.4 Å². The van der Waals surface area contributed by atoms with Crippen LogP contribution in [0.1, 0.15) is 33.6 Å². The Morgan fingerprint density at radius 1 is 1.45 bits per heavy atom. The summed E-state index contributed by atoms with van der Waals surface area (Å²) in [6.07, 6.45) is 2.30. The number of pyridine rings is 1. The first-order valence-electron chi connectivity index (χ1n) is 7.23. The SMILES string of the molecule is CC(C)(C)OC(=O)N1CCC[C@H]1NNNc1ccc(F)cn1. The summed E-state index contributed by atoms with van der Waals surface area (Å²) in [6.45, 7) is 6.15. The predicted octanol–water partition coefficient (Wildman–Crippen LogP) is 2.00. The molecule has 7 nitrogen and oxygen atoms in total. The standard InChI is InChI=1S/C14H22FN5O2/c1-14(2,3)22-13(21)20-8-4-5-12(20)18-19-17-11-7-6-10(15)9-16-11/h6-7,9,12,18-19H,4-5,8H2,1-3H3,(H,16,17)/t12-/m0/s1. The first-order valence-corrected chi connectivity index (χ1v) is 7.23. The number of rotatable bonds is 4. The topological polar surface area (TPSA) is 78.5 Å². The Balaban J connectivity index is 1.81. The molecule has 3 N–H and O–H groups in total. The summed E-state index contributed by atoms with van der Waals surface area (Å²) in [5.74, 6) is 0.0705. The third-order valence-electron chi connectivity index (χ3n) is 3.04.